The Morgan fingerprint density at radius 2 is 1.81 bits per heavy atom. The smallest absolute Gasteiger partial charge is 0.322 e. The highest BCUT2D eigenvalue weighted by Crippen LogP contribution is 2.68. The summed E-state index contributed by atoms with van der Waals surface area (Å²) in [6.45, 7) is 6.53. The first kappa shape index (κ1) is 24.0. The average Bonchev–Trinajstić information content (AvgIpc) is 3.10. The molecule has 1 amide bonds. The van der Waals surface area contributed by atoms with Crippen molar-refractivity contribution in [2.45, 2.75) is 97.2 Å². The predicted octanol–water partition coefficient (Wildman–Crippen LogP) is 3.59. The number of rotatable bonds is 6. The fourth-order valence-corrected chi connectivity index (χ4v) is 9.01. The van der Waals surface area contributed by atoms with Crippen LogP contribution in [0.25, 0.3) is 0 Å². The fourth-order valence-electron chi connectivity index (χ4n) is 9.01. The van der Waals surface area contributed by atoms with Gasteiger partial charge in [0.15, 0.2) is 0 Å². The number of amides is 1. The Kier molecular flexibility index (Phi) is 6.68. The van der Waals surface area contributed by atoms with E-state index in [2.05, 4.69) is 26.1 Å². The van der Waals surface area contributed by atoms with Crippen molar-refractivity contribution in [2.24, 2.45) is 46.3 Å². The molecule has 0 bridgehead atoms. The molecule has 0 aromatic carbocycles. The van der Waals surface area contributed by atoms with Gasteiger partial charge < -0.3 is 20.6 Å². The molecule has 0 radical (unpaired) electrons. The maximum Gasteiger partial charge on any atom is 0.322 e. The van der Waals surface area contributed by atoms with Crippen LogP contribution in [0.4, 0.5) is 0 Å². The van der Waals surface area contributed by atoms with Gasteiger partial charge in [-0.2, -0.15) is 0 Å². The molecule has 0 heterocycles. The van der Waals surface area contributed by atoms with Crippen LogP contribution in [0, 0.1) is 46.3 Å². The number of carboxylic acids is 1. The molecular formula is C26H43NO5. The maximum absolute atomic E-state index is 12.0. The third kappa shape index (κ3) is 3.89. The van der Waals surface area contributed by atoms with E-state index in [-0.39, 0.29) is 47.3 Å². The Labute approximate surface area is 192 Å². The monoisotopic (exact) mass is 449 g/mol. The average molecular weight is 450 g/mol. The quantitative estimate of drug-likeness (QED) is 0.496. The maximum atomic E-state index is 12.0. The summed E-state index contributed by atoms with van der Waals surface area (Å²) in [5.41, 5.74) is 0.0212. The van der Waals surface area contributed by atoms with Crippen LogP contribution in [0.2, 0.25) is 0 Å². The normalized spacial score (nSPS) is 46.5. The minimum Gasteiger partial charge on any atom is -0.480 e. The molecule has 4 aliphatic carbocycles. The molecule has 0 aromatic rings. The van der Waals surface area contributed by atoms with Crippen LogP contribution in [-0.2, 0) is 9.59 Å². The van der Waals surface area contributed by atoms with Gasteiger partial charge in [0, 0.05) is 6.42 Å². The Morgan fingerprint density at radius 1 is 1.06 bits per heavy atom. The lowest BCUT2D eigenvalue weighted by Crippen LogP contribution is -2.61. The van der Waals surface area contributed by atoms with Crippen LogP contribution in [-0.4, -0.2) is 45.9 Å². The van der Waals surface area contributed by atoms with E-state index in [1.807, 2.05) is 0 Å². The van der Waals surface area contributed by atoms with Crippen LogP contribution in [0.1, 0.15) is 85.0 Å². The number of hydrogen-bond donors (Lipinski definition) is 4. The van der Waals surface area contributed by atoms with Crippen molar-refractivity contribution in [3.63, 3.8) is 0 Å². The minimum absolute atomic E-state index is 0.220. The lowest BCUT2D eigenvalue weighted by atomic mass is 9.43. The third-order valence-corrected chi connectivity index (χ3v) is 10.7. The van der Waals surface area contributed by atoms with Gasteiger partial charge in [0.25, 0.3) is 0 Å². The summed E-state index contributed by atoms with van der Waals surface area (Å²) in [7, 11) is 0. The molecule has 0 spiro atoms. The zero-order valence-electron chi connectivity index (χ0n) is 20.1. The first-order chi connectivity index (χ1) is 15.1. The molecule has 6 heteroatoms. The Morgan fingerprint density at radius 3 is 2.53 bits per heavy atom. The standard InChI is InChI=1S/C26H43NO5/c1-15(7-10-22(30)27-14-23(31)32)17-8-9-18-24-19(13-21(29)26(17,18)3)25(2)11-5-4-6-16(25)12-20(24)28/h15-21,24,28-29H,4-14H2,1-3H3,(H,27,30)(H,31,32)/t15-,16+,17-,18+,19+,20-,21+,24?,25+,26-/m1/s1. The van der Waals surface area contributed by atoms with E-state index in [1.165, 1.54) is 25.7 Å². The zero-order chi connectivity index (χ0) is 23.3. The lowest BCUT2D eigenvalue weighted by Gasteiger charge is -2.63. The summed E-state index contributed by atoms with van der Waals surface area (Å²) in [4.78, 5) is 22.7. The number of aliphatic hydroxyl groups excluding tert-OH is 2. The van der Waals surface area contributed by atoms with Gasteiger partial charge in [-0.05, 0) is 91.3 Å². The predicted molar refractivity (Wildman–Crippen MR) is 122 cm³/mol. The number of aliphatic hydroxyl groups is 2. The van der Waals surface area contributed by atoms with E-state index in [0.717, 1.165) is 25.7 Å². The van der Waals surface area contributed by atoms with Gasteiger partial charge in [-0.3, -0.25) is 9.59 Å². The van der Waals surface area contributed by atoms with Crippen molar-refractivity contribution in [3.8, 4) is 0 Å². The lowest BCUT2D eigenvalue weighted by molar-refractivity contribution is -0.201. The molecule has 6 nitrogen and oxygen atoms in total. The van der Waals surface area contributed by atoms with Gasteiger partial charge in [-0.15, -0.1) is 0 Å². The second kappa shape index (κ2) is 8.90. The summed E-state index contributed by atoms with van der Waals surface area (Å²) < 4.78 is 0. The molecule has 10 atom stereocenters. The molecule has 4 fully saturated rings. The van der Waals surface area contributed by atoms with Crippen molar-refractivity contribution in [1.29, 1.82) is 0 Å². The SMILES string of the molecule is C[C@H](CCC(=O)NCC(=O)O)[C@H]1CC[C@H]2C3[C@H](O)C[C@@H]4CCCC[C@]4(C)[C@H]3C[C@H](O)[C@]12C. The highest BCUT2D eigenvalue weighted by Gasteiger charge is 2.65. The van der Waals surface area contributed by atoms with Gasteiger partial charge >= 0.3 is 5.97 Å². The fraction of sp³-hybridized carbons (Fsp3) is 0.923. The topological polar surface area (TPSA) is 107 Å². The number of nitrogens with one attached hydrogen (secondary N) is 1. The van der Waals surface area contributed by atoms with E-state index in [9.17, 15) is 19.8 Å². The number of carbonyl (C=O) groups excluding carboxylic acids is 1. The first-order valence-corrected chi connectivity index (χ1v) is 12.9. The molecule has 0 saturated heterocycles. The number of carbonyl (C=O) groups is 2. The highest BCUT2D eigenvalue weighted by atomic mass is 16.4. The Balaban J connectivity index is 1.48. The van der Waals surface area contributed by atoms with E-state index in [1.54, 1.807) is 0 Å². The molecule has 182 valence electrons. The summed E-state index contributed by atoms with van der Waals surface area (Å²) in [6.07, 6.45) is 9.18. The minimum atomic E-state index is -1.03. The van der Waals surface area contributed by atoms with Gasteiger partial charge in [-0.1, -0.05) is 33.6 Å². The van der Waals surface area contributed by atoms with Crippen LogP contribution in [0.15, 0.2) is 0 Å². The van der Waals surface area contributed by atoms with Crippen molar-refractivity contribution >= 4 is 11.9 Å². The van der Waals surface area contributed by atoms with Crippen LogP contribution >= 0.6 is 0 Å². The van der Waals surface area contributed by atoms with Crippen molar-refractivity contribution < 1.29 is 24.9 Å². The molecular weight excluding hydrogens is 406 g/mol. The van der Waals surface area contributed by atoms with E-state index < -0.39 is 5.97 Å². The largest absolute Gasteiger partial charge is 0.480 e. The molecule has 4 N–H and O–H groups in total. The van der Waals surface area contributed by atoms with E-state index in [0.29, 0.717) is 36.5 Å². The molecule has 4 rings (SSSR count). The second-order valence-corrected chi connectivity index (χ2v) is 12.0. The first-order valence-electron chi connectivity index (χ1n) is 12.9. The second-order valence-electron chi connectivity index (χ2n) is 12.0. The molecule has 4 aliphatic rings. The number of aliphatic carboxylic acids is 1. The molecule has 32 heavy (non-hydrogen) atoms. The van der Waals surface area contributed by atoms with E-state index in [4.69, 9.17) is 5.11 Å². The van der Waals surface area contributed by atoms with Gasteiger partial charge in [0.2, 0.25) is 5.91 Å². The Hall–Kier alpha value is -1.14. The summed E-state index contributed by atoms with van der Waals surface area (Å²) in [6, 6.07) is 0. The van der Waals surface area contributed by atoms with Crippen LogP contribution < -0.4 is 5.32 Å². The summed E-state index contributed by atoms with van der Waals surface area (Å²) in [5, 5.41) is 34.1. The number of carboxylic acid groups (broad SMARTS) is 1. The van der Waals surface area contributed by atoms with E-state index >= 15 is 0 Å². The number of fused-ring (bicyclic) bond motifs is 5. The molecule has 1 unspecified atom stereocenters. The highest BCUT2D eigenvalue weighted by molar-refractivity contribution is 5.81. The van der Waals surface area contributed by atoms with Crippen LogP contribution in [0.3, 0.4) is 0 Å². The summed E-state index contributed by atoms with van der Waals surface area (Å²) in [5.74, 6) is 0.938. The summed E-state index contributed by atoms with van der Waals surface area (Å²) >= 11 is 0. The van der Waals surface area contributed by atoms with Crippen molar-refractivity contribution in [1.82, 2.24) is 5.32 Å². The Bertz CT molecular complexity index is 727. The van der Waals surface area contributed by atoms with Crippen molar-refractivity contribution in [3.05, 3.63) is 0 Å². The number of hydrogen-bond acceptors (Lipinski definition) is 4. The van der Waals surface area contributed by atoms with Gasteiger partial charge in [-0.25, -0.2) is 0 Å². The van der Waals surface area contributed by atoms with Gasteiger partial charge in [0.05, 0.1) is 12.2 Å². The van der Waals surface area contributed by atoms with Gasteiger partial charge in [0.1, 0.15) is 6.54 Å². The van der Waals surface area contributed by atoms with Crippen LogP contribution in [0.5, 0.6) is 0 Å². The molecule has 4 saturated carbocycles. The molecule has 0 aliphatic heterocycles. The van der Waals surface area contributed by atoms with Crippen molar-refractivity contribution in [2.75, 3.05) is 6.54 Å². The zero-order valence-corrected chi connectivity index (χ0v) is 20.1. The third-order valence-electron chi connectivity index (χ3n) is 10.7. The molecule has 0 aromatic heterocycles.